The Morgan fingerprint density at radius 1 is 1.60 bits per heavy atom. The molecule has 4 heteroatoms. The molecule has 0 fully saturated rings. The van der Waals surface area contributed by atoms with E-state index in [1.54, 1.807) is 12.1 Å². The van der Waals surface area contributed by atoms with Crippen LogP contribution in [0.2, 0.25) is 0 Å². The van der Waals surface area contributed by atoms with Gasteiger partial charge < -0.3 is 0 Å². The summed E-state index contributed by atoms with van der Waals surface area (Å²) in [7, 11) is 6.43. The van der Waals surface area contributed by atoms with Crippen LogP contribution in [0.5, 0.6) is 0 Å². The van der Waals surface area contributed by atoms with Crippen molar-refractivity contribution in [3.8, 4) is 6.07 Å². The lowest BCUT2D eigenvalue weighted by molar-refractivity contribution is 1.13. The van der Waals surface area contributed by atoms with Crippen LogP contribution in [0, 0.1) is 11.3 Å². The normalized spacial score (nSPS) is 8.80. The molecule has 1 aromatic rings. The van der Waals surface area contributed by atoms with Crippen LogP contribution < -0.4 is 0 Å². The molecule has 10 heavy (non-hydrogen) atoms. The van der Waals surface area contributed by atoms with Crippen molar-refractivity contribution in [2.75, 3.05) is 0 Å². The lowest BCUT2D eigenvalue weighted by atomic mass is 10.3. The van der Waals surface area contributed by atoms with Gasteiger partial charge >= 0.3 is 0 Å². The minimum atomic E-state index is 0.550. The minimum absolute atomic E-state index is 0.550. The fourth-order valence-corrected chi connectivity index (χ4v) is 0.978. The van der Waals surface area contributed by atoms with E-state index in [1.165, 1.54) is 6.20 Å². The number of nitriles is 1. The molecule has 0 aliphatic heterocycles. The van der Waals surface area contributed by atoms with Crippen LogP contribution >= 0.6 is 21.7 Å². The van der Waals surface area contributed by atoms with Gasteiger partial charge in [-0.2, -0.15) is 5.26 Å². The van der Waals surface area contributed by atoms with Crippen molar-refractivity contribution >= 4 is 21.7 Å². The average molecular weight is 171 g/mol. The number of nitrogens with zero attached hydrogens (tertiary/aromatic N) is 2. The van der Waals surface area contributed by atoms with Crippen LogP contribution in [0.1, 0.15) is 5.56 Å². The third-order valence-corrected chi connectivity index (χ3v) is 1.82. The molecule has 0 radical (unpaired) electrons. The van der Waals surface area contributed by atoms with Crippen LogP contribution in [-0.2, 0) is 0 Å². The Kier molecular flexibility index (Phi) is 2.55. The summed E-state index contributed by atoms with van der Waals surface area (Å²) in [6.07, 6.45) is 1.49. The highest BCUT2D eigenvalue weighted by Gasteiger charge is 1.92. The average Bonchev–Trinajstić information content (AvgIpc) is 2.05. The van der Waals surface area contributed by atoms with Crippen LogP contribution in [0.4, 0.5) is 0 Å². The van der Waals surface area contributed by atoms with Crippen molar-refractivity contribution in [3.63, 3.8) is 0 Å². The first-order chi connectivity index (χ1) is 4.86. The van der Waals surface area contributed by atoms with E-state index in [0.717, 1.165) is 11.0 Å². The van der Waals surface area contributed by atoms with Crippen molar-refractivity contribution in [1.82, 2.24) is 4.98 Å². The number of rotatable bonds is 1. The Labute approximate surface area is 67.3 Å². The Bertz CT molecular complexity index is 251. The van der Waals surface area contributed by atoms with Crippen LogP contribution in [0.3, 0.4) is 0 Å². The number of hydrogen-bond acceptors (Lipinski definition) is 3. The highest BCUT2D eigenvalue weighted by molar-refractivity contribution is 8.21. The number of hydrogen-bond donors (Lipinski definition) is 0. The monoisotopic (exact) mass is 170 g/mol. The van der Waals surface area contributed by atoms with E-state index >= 15 is 0 Å². The van der Waals surface area contributed by atoms with Crippen LogP contribution in [0.25, 0.3) is 0 Å². The van der Waals surface area contributed by atoms with E-state index in [2.05, 4.69) is 4.98 Å². The molecule has 0 amide bonds. The van der Waals surface area contributed by atoms with Gasteiger partial charge in [-0.1, -0.05) is 0 Å². The Hall–Kier alpha value is -0.720. The van der Waals surface area contributed by atoms with E-state index in [0.29, 0.717) is 10.6 Å². The number of pyridine rings is 1. The van der Waals surface area contributed by atoms with E-state index in [9.17, 15) is 0 Å². The van der Waals surface area contributed by atoms with Crippen molar-refractivity contribution in [2.24, 2.45) is 0 Å². The molecule has 1 rings (SSSR count). The molecular weight excluding hydrogens is 168 g/mol. The first kappa shape index (κ1) is 7.39. The molecule has 0 spiro atoms. The van der Waals surface area contributed by atoms with Gasteiger partial charge in [0.05, 0.1) is 5.56 Å². The SMILES string of the molecule is N#Cc1ccc(SCl)nc1. The van der Waals surface area contributed by atoms with Gasteiger partial charge in [0.2, 0.25) is 0 Å². The molecule has 0 aliphatic rings. The summed E-state index contributed by atoms with van der Waals surface area (Å²) in [6.45, 7) is 0. The summed E-state index contributed by atoms with van der Waals surface area (Å²) in [5.41, 5.74) is 0.550. The zero-order valence-corrected chi connectivity index (χ0v) is 6.49. The minimum Gasteiger partial charge on any atom is -0.247 e. The van der Waals surface area contributed by atoms with E-state index in [4.69, 9.17) is 15.9 Å². The lowest BCUT2D eigenvalue weighted by Gasteiger charge is -1.89. The maximum absolute atomic E-state index is 8.37. The van der Waals surface area contributed by atoms with Gasteiger partial charge in [-0.15, -0.1) is 0 Å². The third-order valence-electron chi connectivity index (χ3n) is 0.944. The molecule has 0 bridgehead atoms. The van der Waals surface area contributed by atoms with Gasteiger partial charge in [-0.3, -0.25) is 0 Å². The largest absolute Gasteiger partial charge is 0.247 e. The second-order valence-electron chi connectivity index (χ2n) is 1.57. The van der Waals surface area contributed by atoms with Gasteiger partial charge in [0, 0.05) is 17.2 Å². The Balaban J connectivity index is 2.93. The molecule has 0 N–H and O–H groups in total. The topological polar surface area (TPSA) is 36.7 Å². The molecule has 0 saturated heterocycles. The zero-order chi connectivity index (χ0) is 7.40. The number of halogens is 1. The van der Waals surface area contributed by atoms with Crippen molar-refractivity contribution in [3.05, 3.63) is 23.9 Å². The quantitative estimate of drug-likeness (QED) is 0.649. The van der Waals surface area contributed by atoms with E-state index in [1.807, 2.05) is 6.07 Å². The Morgan fingerprint density at radius 2 is 2.40 bits per heavy atom. The van der Waals surface area contributed by atoms with Crippen molar-refractivity contribution in [1.29, 1.82) is 5.26 Å². The molecule has 1 heterocycles. The summed E-state index contributed by atoms with van der Waals surface area (Å²) in [4.78, 5) is 3.88. The first-order valence-electron chi connectivity index (χ1n) is 2.51. The highest BCUT2D eigenvalue weighted by Crippen LogP contribution is 2.18. The van der Waals surface area contributed by atoms with Crippen molar-refractivity contribution in [2.45, 2.75) is 5.03 Å². The summed E-state index contributed by atoms with van der Waals surface area (Å²) < 4.78 is 0. The predicted molar refractivity (Wildman–Crippen MR) is 40.7 cm³/mol. The Morgan fingerprint density at radius 3 is 2.80 bits per heavy atom. The van der Waals surface area contributed by atoms with Gasteiger partial charge in [-0.05, 0) is 22.8 Å². The third kappa shape index (κ3) is 1.63. The summed E-state index contributed by atoms with van der Waals surface area (Å²) in [5, 5.41) is 9.08. The maximum atomic E-state index is 8.37. The van der Waals surface area contributed by atoms with Gasteiger partial charge in [-0.25, -0.2) is 4.98 Å². The molecule has 0 atom stereocenters. The summed E-state index contributed by atoms with van der Waals surface area (Å²) in [5.74, 6) is 0. The second kappa shape index (κ2) is 3.45. The highest BCUT2D eigenvalue weighted by atomic mass is 35.7. The number of aromatic nitrogens is 1. The van der Waals surface area contributed by atoms with Gasteiger partial charge in [0.15, 0.2) is 0 Å². The standard InChI is InChI=1S/C6H3ClN2S/c7-10-6-2-1-5(3-8)4-9-6/h1-2,4H. The smallest absolute Gasteiger partial charge is 0.112 e. The van der Waals surface area contributed by atoms with E-state index in [-0.39, 0.29) is 0 Å². The molecule has 0 aromatic carbocycles. The first-order valence-corrected chi connectivity index (χ1v) is 4.16. The molecule has 50 valence electrons. The molecule has 0 aliphatic carbocycles. The molecule has 0 unspecified atom stereocenters. The predicted octanol–water partition coefficient (Wildman–Crippen LogP) is 2.20. The van der Waals surface area contributed by atoms with E-state index < -0.39 is 0 Å². The fourth-order valence-electron chi connectivity index (χ4n) is 0.492. The second-order valence-corrected chi connectivity index (χ2v) is 2.61. The molecular formula is C6H3ClN2S. The van der Waals surface area contributed by atoms with Crippen LogP contribution in [-0.4, -0.2) is 4.98 Å². The molecule has 1 aromatic heterocycles. The fraction of sp³-hybridized carbons (Fsp3) is 0. The maximum Gasteiger partial charge on any atom is 0.112 e. The molecule has 2 nitrogen and oxygen atoms in total. The zero-order valence-electron chi connectivity index (χ0n) is 4.91. The van der Waals surface area contributed by atoms with Gasteiger partial charge in [0.1, 0.15) is 11.1 Å². The lowest BCUT2D eigenvalue weighted by Crippen LogP contribution is -1.78. The summed E-state index contributed by atoms with van der Waals surface area (Å²) >= 11 is 0. The van der Waals surface area contributed by atoms with Gasteiger partial charge in [0.25, 0.3) is 0 Å². The van der Waals surface area contributed by atoms with Crippen molar-refractivity contribution < 1.29 is 0 Å². The summed E-state index contributed by atoms with van der Waals surface area (Å²) in [6, 6.07) is 5.35. The molecule has 0 saturated carbocycles. The van der Waals surface area contributed by atoms with Crippen LogP contribution in [0.15, 0.2) is 23.4 Å².